The van der Waals surface area contributed by atoms with Crippen molar-refractivity contribution in [3.63, 3.8) is 0 Å². The van der Waals surface area contributed by atoms with E-state index in [9.17, 15) is 14.4 Å². The number of unbranched alkanes of at least 4 members (excludes halogenated alkanes) is 24. The first-order chi connectivity index (χ1) is 29.5. The molecule has 0 amide bonds. The second kappa shape index (κ2) is 48.8. The Morgan fingerprint density at radius 1 is 0.333 bits per heavy atom. The molecule has 0 heterocycles. The van der Waals surface area contributed by atoms with Crippen LogP contribution < -0.4 is 0 Å². The monoisotopic (exact) mass is 839 g/mol. The van der Waals surface area contributed by atoms with Crippen LogP contribution in [-0.4, -0.2) is 37.2 Å². The molecule has 0 N–H and O–H groups in total. The smallest absolute Gasteiger partial charge is 0.306 e. The van der Waals surface area contributed by atoms with E-state index >= 15 is 0 Å². The molecule has 0 radical (unpaired) electrons. The number of carbonyl (C=O) groups excluding carboxylic acids is 3. The Kier molecular flexibility index (Phi) is 46.4. The summed E-state index contributed by atoms with van der Waals surface area (Å²) < 4.78 is 16.7. The third-order valence-electron chi connectivity index (χ3n) is 10.7. The van der Waals surface area contributed by atoms with E-state index in [1.165, 1.54) is 77.0 Å². The third-order valence-corrected chi connectivity index (χ3v) is 10.7. The maximum atomic E-state index is 12.8. The molecule has 0 aromatic carbocycles. The van der Waals surface area contributed by atoms with Crippen molar-refractivity contribution in [2.24, 2.45) is 0 Å². The van der Waals surface area contributed by atoms with Crippen LogP contribution in [0.3, 0.4) is 0 Å². The van der Waals surface area contributed by atoms with Crippen molar-refractivity contribution in [3.8, 4) is 0 Å². The maximum absolute atomic E-state index is 12.8. The second-order valence-corrected chi connectivity index (χ2v) is 16.7. The molecule has 0 aromatic heterocycles. The fourth-order valence-corrected chi connectivity index (χ4v) is 6.86. The molecule has 60 heavy (non-hydrogen) atoms. The normalized spacial score (nSPS) is 12.5. The molecule has 6 nitrogen and oxygen atoms in total. The van der Waals surface area contributed by atoms with Crippen molar-refractivity contribution in [2.45, 2.75) is 252 Å². The van der Waals surface area contributed by atoms with Gasteiger partial charge in [0.25, 0.3) is 0 Å². The highest BCUT2D eigenvalue weighted by Gasteiger charge is 2.19. The van der Waals surface area contributed by atoms with Crippen LogP contribution in [0.25, 0.3) is 0 Å². The average Bonchev–Trinajstić information content (AvgIpc) is 3.24. The highest BCUT2D eigenvalue weighted by atomic mass is 16.6. The number of hydrogen-bond acceptors (Lipinski definition) is 6. The summed E-state index contributed by atoms with van der Waals surface area (Å²) in [6.45, 7) is 6.48. The Balaban J connectivity index is 4.41. The molecule has 0 saturated carbocycles. The predicted molar refractivity (Wildman–Crippen MR) is 256 cm³/mol. The number of hydrogen-bond donors (Lipinski definition) is 0. The van der Waals surface area contributed by atoms with Crippen LogP contribution in [0.4, 0.5) is 0 Å². The van der Waals surface area contributed by atoms with Gasteiger partial charge in [-0.05, 0) is 96.3 Å². The van der Waals surface area contributed by atoms with E-state index in [0.717, 1.165) is 128 Å². The largest absolute Gasteiger partial charge is 0.462 e. The molecule has 0 bridgehead atoms. The molecule has 0 rings (SSSR count). The first-order valence-corrected chi connectivity index (χ1v) is 25.3. The number of ether oxygens (including phenoxy) is 3. The minimum atomic E-state index is -0.789. The fourth-order valence-electron chi connectivity index (χ4n) is 6.86. The lowest BCUT2D eigenvalue weighted by Gasteiger charge is -2.18. The number of allylic oxidation sites excluding steroid dienone is 10. The highest BCUT2D eigenvalue weighted by Crippen LogP contribution is 2.14. The first-order valence-electron chi connectivity index (χ1n) is 25.3. The van der Waals surface area contributed by atoms with Gasteiger partial charge in [-0.1, -0.05) is 191 Å². The van der Waals surface area contributed by atoms with Gasteiger partial charge in [0.2, 0.25) is 0 Å². The molecule has 0 saturated heterocycles. The lowest BCUT2D eigenvalue weighted by molar-refractivity contribution is -0.167. The van der Waals surface area contributed by atoms with Gasteiger partial charge >= 0.3 is 17.9 Å². The second-order valence-electron chi connectivity index (χ2n) is 16.7. The topological polar surface area (TPSA) is 78.9 Å². The summed E-state index contributed by atoms with van der Waals surface area (Å²) in [6, 6.07) is 0. The van der Waals surface area contributed by atoms with Crippen molar-refractivity contribution >= 4 is 17.9 Å². The third kappa shape index (κ3) is 46.2. The maximum Gasteiger partial charge on any atom is 0.306 e. The van der Waals surface area contributed by atoms with Gasteiger partial charge in [-0.25, -0.2) is 0 Å². The van der Waals surface area contributed by atoms with Crippen molar-refractivity contribution in [1.29, 1.82) is 0 Å². The van der Waals surface area contributed by atoms with Crippen molar-refractivity contribution in [3.05, 3.63) is 60.8 Å². The Hall–Kier alpha value is -2.89. The zero-order valence-corrected chi connectivity index (χ0v) is 39.5. The summed E-state index contributed by atoms with van der Waals surface area (Å²) in [6.07, 6.45) is 59.1. The summed E-state index contributed by atoms with van der Waals surface area (Å²) in [5, 5.41) is 0. The standard InChI is InChI=1S/C54H94O6/c1-4-7-10-13-16-19-22-25-26-27-30-32-35-38-41-44-47-53(56)59-50-51(60-54(57)48-45-42-39-36-33-29-24-21-18-15-12-9-6-3)49-58-52(55)46-43-40-37-34-31-28-23-20-17-14-11-8-5-2/h11-12,14-15,20-21,23-24,26-27,51H,4-10,13,16-19,22,25,28-50H2,1-3H3/b14-11-,15-12-,23-20-,24-21-,27-26-. The summed E-state index contributed by atoms with van der Waals surface area (Å²) in [5.74, 6) is -0.924. The van der Waals surface area contributed by atoms with Crippen LogP contribution in [0.1, 0.15) is 245 Å². The van der Waals surface area contributed by atoms with Gasteiger partial charge in [-0.3, -0.25) is 14.4 Å². The lowest BCUT2D eigenvalue weighted by atomic mass is 10.1. The van der Waals surface area contributed by atoms with Crippen molar-refractivity contribution < 1.29 is 28.6 Å². The summed E-state index contributed by atoms with van der Waals surface area (Å²) in [4.78, 5) is 37.9. The Morgan fingerprint density at radius 2 is 0.633 bits per heavy atom. The minimum absolute atomic E-state index is 0.0889. The molecule has 0 aliphatic heterocycles. The molecule has 1 unspecified atom stereocenters. The van der Waals surface area contributed by atoms with Crippen molar-refractivity contribution in [2.75, 3.05) is 13.2 Å². The Labute approximate surface area is 370 Å². The van der Waals surface area contributed by atoms with Gasteiger partial charge in [0.15, 0.2) is 6.10 Å². The summed E-state index contributed by atoms with van der Waals surface area (Å²) >= 11 is 0. The zero-order valence-electron chi connectivity index (χ0n) is 39.5. The van der Waals surface area contributed by atoms with E-state index in [1.54, 1.807) is 0 Å². The summed E-state index contributed by atoms with van der Waals surface area (Å²) in [7, 11) is 0. The molecule has 0 fully saturated rings. The SMILES string of the molecule is CCC/C=C\C/C=C\CCCCCCCC(=O)OCC(COC(=O)CCCCCCC/C=C\CCCCCCCCC)OC(=O)CCCCCCC/C=C\C/C=C\CCC. The van der Waals surface area contributed by atoms with Gasteiger partial charge in [-0.15, -0.1) is 0 Å². The highest BCUT2D eigenvalue weighted by molar-refractivity contribution is 5.71. The molecule has 0 aliphatic rings. The van der Waals surface area contributed by atoms with E-state index in [4.69, 9.17) is 14.2 Å². The van der Waals surface area contributed by atoms with Crippen LogP contribution in [0.15, 0.2) is 60.8 Å². The average molecular weight is 839 g/mol. The van der Waals surface area contributed by atoms with E-state index in [0.29, 0.717) is 19.3 Å². The van der Waals surface area contributed by atoms with Gasteiger partial charge < -0.3 is 14.2 Å². The molecular formula is C54H94O6. The van der Waals surface area contributed by atoms with Crippen LogP contribution in [-0.2, 0) is 28.6 Å². The van der Waals surface area contributed by atoms with Gasteiger partial charge in [0, 0.05) is 19.3 Å². The van der Waals surface area contributed by atoms with E-state index < -0.39 is 6.10 Å². The van der Waals surface area contributed by atoms with Crippen LogP contribution in [0, 0.1) is 0 Å². The zero-order chi connectivity index (χ0) is 43.7. The molecular weight excluding hydrogens is 745 g/mol. The molecule has 1 atom stereocenters. The van der Waals surface area contributed by atoms with Gasteiger partial charge in [0.1, 0.15) is 13.2 Å². The summed E-state index contributed by atoms with van der Waals surface area (Å²) in [5.41, 5.74) is 0. The van der Waals surface area contributed by atoms with Crippen LogP contribution in [0.5, 0.6) is 0 Å². The quantitative estimate of drug-likeness (QED) is 0.0263. The van der Waals surface area contributed by atoms with E-state index in [-0.39, 0.29) is 31.1 Å². The van der Waals surface area contributed by atoms with Crippen LogP contribution in [0.2, 0.25) is 0 Å². The Bertz CT molecular complexity index is 1100. The molecule has 0 spiro atoms. The fraction of sp³-hybridized carbons (Fsp3) is 0.759. The van der Waals surface area contributed by atoms with Gasteiger partial charge in [-0.2, -0.15) is 0 Å². The number of rotatable bonds is 45. The molecule has 6 heteroatoms. The molecule has 0 aliphatic carbocycles. The number of esters is 3. The lowest BCUT2D eigenvalue weighted by Crippen LogP contribution is -2.30. The van der Waals surface area contributed by atoms with E-state index in [2.05, 4.69) is 81.5 Å². The van der Waals surface area contributed by atoms with Gasteiger partial charge in [0.05, 0.1) is 0 Å². The van der Waals surface area contributed by atoms with E-state index in [1.807, 2.05) is 0 Å². The first kappa shape index (κ1) is 57.1. The minimum Gasteiger partial charge on any atom is -0.462 e. The van der Waals surface area contributed by atoms with Crippen LogP contribution >= 0.6 is 0 Å². The number of carbonyl (C=O) groups is 3. The molecule has 346 valence electrons. The Morgan fingerprint density at radius 3 is 1.00 bits per heavy atom. The molecule has 0 aromatic rings. The predicted octanol–water partition coefficient (Wildman–Crippen LogP) is 16.5. The van der Waals surface area contributed by atoms with Crippen molar-refractivity contribution in [1.82, 2.24) is 0 Å².